The molecule has 0 spiro atoms. The molecule has 1 atom stereocenters. The number of hydrogen-bond donors (Lipinski definition) is 3. The van der Waals surface area contributed by atoms with Crippen LogP contribution in [-0.2, 0) is 0 Å². The van der Waals surface area contributed by atoms with Crippen molar-refractivity contribution in [3.05, 3.63) is 42.2 Å². The molecular formula is C14H17ClN4O2. The largest absolute Gasteiger partial charge is 0.504 e. The van der Waals surface area contributed by atoms with E-state index in [-0.39, 0.29) is 35.8 Å². The summed E-state index contributed by atoms with van der Waals surface area (Å²) in [6.07, 6.45) is 2.34. The summed E-state index contributed by atoms with van der Waals surface area (Å²) in [5, 5.41) is 20.1. The first-order chi connectivity index (χ1) is 9.74. The Balaban J connectivity index is 0.00000161. The van der Waals surface area contributed by atoms with Gasteiger partial charge >= 0.3 is 0 Å². The fourth-order valence-corrected chi connectivity index (χ4v) is 2.27. The van der Waals surface area contributed by atoms with Crippen LogP contribution in [0.15, 0.2) is 36.5 Å². The van der Waals surface area contributed by atoms with E-state index in [0.29, 0.717) is 0 Å². The first kappa shape index (κ1) is 15.3. The summed E-state index contributed by atoms with van der Waals surface area (Å²) in [6, 6.07) is 9.46. The summed E-state index contributed by atoms with van der Waals surface area (Å²) in [6.45, 7) is 1.65. The summed E-state index contributed by atoms with van der Waals surface area (Å²) in [5.41, 5.74) is 0.852. The van der Waals surface area contributed by atoms with Crippen molar-refractivity contribution in [2.45, 2.75) is 12.5 Å². The fourth-order valence-electron chi connectivity index (χ4n) is 2.27. The van der Waals surface area contributed by atoms with E-state index < -0.39 is 0 Å². The van der Waals surface area contributed by atoms with E-state index in [2.05, 4.69) is 15.7 Å². The van der Waals surface area contributed by atoms with Crippen molar-refractivity contribution < 1.29 is 9.90 Å². The summed E-state index contributed by atoms with van der Waals surface area (Å²) in [7, 11) is 0. The average molecular weight is 309 g/mol. The number of para-hydroxylation sites is 1. The third-order valence-electron chi connectivity index (χ3n) is 3.33. The van der Waals surface area contributed by atoms with Gasteiger partial charge in [-0.2, -0.15) is 5.10 Å². The molecule has 112 valence electrons. The fraction of sp³-hybridized carbons (Fsp3) is 0.286. The number of aromatic hydroxyl groups is 1. The molecule has 0 bridgehead atoms. The Hall–Kier alpha value is -2.05. The van der Waals surface area contributed by atoms with Gasteiger partial charge in [0.05, 0.1) is 11.9 Å². The molecule has 0 aliphatic carbocycles. The van der Waals surface area contributed by atoms with Gasteiger partial charge in [0.1, 0.15) is 0 Å². The molecule has 2 heterocycles. The number of aromatic nitrogens is 2. The van der Waals surface area contributed by atoms with Gasteiger partial charge in [-0.25, -0.2) is 4.68 Å². The van der Waals surface area contributed by atoms with Crippen molar-refractivity contribution in [2.75, 3.05) is 13.1 Å². The van der Waals surface area contributed by atoms with Gasteiger partial charge < -0.3 is 15.7 Å². The summed E-state index contributed by atoms with van der Waals surface area (Å²) < 4.78 is 1.50. The Morgan fingerprint density at radius 2 is 2.14 bits per heavy atom. The average Bonchev–Trinajstić information content (AvgIpc) is 3.09. The lowest BCUT2D eigenvalue weighted by atomic mass is 10.2. The Labute approximate surface area is 128 Å². The van der Waals surface area contributed by atoms with Gasteiger partial charge in [0.15, 0.2) is 11.4 Å². The highest BCUT2D eigenvalue weighted by Crippen LogP contribution is 2.18. The zero-order chi connectivity index (χ0) is 13.9. The van der Waals surface area contributed by atoms with Gasteiger partial charge in [-0.1, -0.05) is 18.2 Å². The molecule has 1 fully saturated rings. The second-order valence-corrected chi connectivity index (χ2v) is 4.81. The van der Waals surface area contributed by atoms with Crippen LogP contribution < -0.4 is 10.6 Å². The van der Waals surface area contributed by atoms with Crippen LogP contribution in [0.1, 0.15) is 16.9 Å². The Morgan fingerprint density at radius 3 is 2.81 bits per heavy atom. The van der Waals surface area contributed by atoms with Gasteiger partial charge in [0, 0.05) is 12.6 Å². The monoisotopic (exact) mass is 308 g/mol. The van der Waals surface area contributed by atoms with E-state index in [1.54, 1.807) is 0 Å². The van der Waals surface area contributed by atoms with Crippen LogP contribution in [0.4, 0.5) is 0 Å². The molecule has 1 aliphatic heterocycles. The highest BCUT2D eigenvalue weighted by molar-refractivity contribution is 5.95. The number of amides is 1. The van der Waals surface area contributed by atoms with Crippen molar-refractivity contribution in [3.8, 4) is 11.4 Å². The molecule has 0 radical (unpaired) electrons. The van der Waals surface area contributed by atoms with Crippen molar-refractivity contribution in [3.63, 3.8) is 0 Å². The maximum atomic E-state index is 12.1. The van der Waals surface area contributed by atoms with E-state index in [1.807, 2.05) is 30.3 Å². The molecule has 1 aromatic carbocycles. The molecule has 1 amide bonds. The minimum absolute atomic E-state index is 0. The molecule has 2 aromatic rings. The first-order valence-corrected chi connectivity index (χ1v) is 6.59. The summed E-state index contributed by atoms with van der Waals surface area (Å²) in [4.78, 5) is 12.1. The number of benzene rings is 1. The molecule has 6 nitrogen and oxygen atoms in total. The lowest BCUT2D eigenvalue weighted by Crippen LogP contribution is -2.36. The molecule has 3 N–H and O–H groups in total. The Bertz CT molecular complexity index is 609. The minimum atomic E-state index is -0.342. The molecule has 1 unspecified atom stereocenters. The van der Waals surface area contributed by atoms with Crippen molar-refractivity contribution in [1.29, 1.82) is 0 Å². The van der Waals surface area contributed by atoms with Crippen LogP contribution in [-0.4, -0.2) is 39.9 Å². The van der Waals surface area contributed by atoms with Crippen LogP contribution in [0, 0.1) is 0 Å². The maximum absolute atomic E-state index is 12.1. The molecule has 0 saturated carbocycles. The summed E-state index contributed by atoms with van der Waals surface area (Å²) >= 11 is 0. The number of hydrogen-bond acceptors (Lipinski definition) is 4. The highest BCUT2D eigenvalue weighted by Gasteiger charge is 2.22. The van der Waals surface area contributed by atoms with Crippen molar-refractivity contribution in [2.24, 2.45) is 0 Å². The number of carbonyl (C=O) groups excluding carboxylic acids is 1. The predicted molar refractivity (Wildman–Crippen MR) is 81.2 cm³/mol. The third kappa shape index (κ3) is 3.34. The van der Waals surface area contributed by atoms with Crippen LogP contribution >= 0.6 is 12.4 Å². The van der Waals surface area contributed by atoms with Gasteiger partial charge in [0.2, 0.25) is 0 Å². The molecule has 1 aromatic heterocycles. The molecule has 1 saturated heterocycles. The van der Waals surface area contributed by atoms with Crippen molar-refractivity contribution in [1.82, 2.24) is 20.4 Å². The lowest BCUT2D eigenvalue weighted by molar-refractivity contribution is 0.0932. The van der Waals surface area contributed by atoms with E-state index in [4.69, 9.17) is 0 Å². The molecule has 21 heavy (non-hydrogen) atoms. The van der Waals surface area contributed by atoms with Crippen LogP contribution in [0.25, 0.3) is 5.69 Å². The zero-order valence-electron chi connectivity index (χ0n) is 11.3. The predicted octanol–water partition coefficient (Wildman–Crippen LogP) is 1.09. The van der Waals surface area contributed by atoms with E-state index >= 15 is 0 Å². The third-order valence-corrected chi connectivity index (χ3v) is 3.33. The number of nitrogens with zero attached hydrogens (tertiary/aromatic N) is 2. The van der Waals surface area contributed by atoms with Gasteiger partial charge in [0.25, 0.3) is 5.91 Å². The topological polar surface area (TPSA) is 79.2 Å². The second-order valence-electron chi connectivity index (χ2n) is 4.81. The van der Waals surface area contributed by atoms with Crippen LogP contribution in [0.2, 0.25) is 0 Å². The van der Waals surface area contributed by atoms with Crippen LogP contribution in [0.5, 0.6) is 5.75 Å². The molecular weight excluding hydrogens is 292 g/mol. The quantitative estimate of drug-likeness (QED) is 0.793. The lowest BCUT2D eigenvalue weighted by Gasteiger charge is -2.09. The number of nitrogens with one attached hydrogen (secondary N) is 2. The van der Waals surface area contributed by atoms with Crippen molar-refractivity contribution >= 4 is 18.3 Å². The number of carbonyl (C=O) groups is 1. The molecule has 3 rings (SSSR count). The van der Waals surface area contributed by atoms with Crippen LogP contribution in [0.3, 0.4) is 0 Å². The SMILES string of the molecule is Cl.O=C(NC1CCNC1)c1nn(-c2ccccc2)cc1O. The van der Waals surface area contributed by atoms with Gasteiger partial charge in [-0.3, -0.25) is 4.79 Å². The number of halogens is 1. The Morgan fingerprint density at radius 1 is 1.38 bits per heavy atom. The number of rotatable bonds is 3. The smallest absolute Gasteiger partial charge is 0.275 e. The minimum Gasteiger partial charge on any atom is -0.504 e. The van der Waals surface area contributed by atoms with Gasteiger partial charge in [-0.15, -0.1) is 12.4 Å². The molecule has 7 heteroatoms. The normalized spacial score (nSPS) is 17.2. The van der Waals surface area contributed by atoms with Gasteiger partial charge in [-0.05, 0) is 25.1 Å². The van der Waals surface area contributed by atoms with E-state index in [0.717, 1.165) is 25.2 Å². The second kappa shape index (κ2) is 6.60. The maximum Gasteiger partial charge on any atom is 0.275 e. The summed E-state index contributed by atoms with van der Waals surface area (Å²) in [5.74, 6) is -0.455. The van der Waals surface area contributed by atoms with E-state index in [9.17, 15) is 9.90 Å². The van der Waals surface area contributed by atoms with E-state index in [1.165, 1.54) is 10.9 Å². The Kier molecular flexibility index (Phi) is 4.82. The standard InChI is InChI=1S/C14H16N4O2.ClH/c19-12-9-18(11-4-2-1-3-5-11)17-13(12)14(20)16-10-6-7-15-8-10;/h1-5,9-10,15,19H,6-8H2,(H,16,20);1H. The zero-order valence-corrected chi connectivity index (χ0v) is 12.1. The first-order valence-electron chi connectivity index (χ1n) is 6.59. The molecule has 1 aliphatic rings. The highest BCUT2D eigenvalue weighted by atomic mass is 35.5.